The van der Waals surface area contributed by atoms with E-state index in [1.54, 1.807) is 4.90 Å². The summed E-state index contributed by atoms with van der Waals surface area (Å²) in [5, 5.41) is 3.28. The molecule has 0 unspecified atom stereocenters. The van der Waals surface area contributed by atoms with Crippen molar-refractivity contribution in [1.82, 2.24) is 0 Å². The van der Waals surface area contributed by atoms with Crippen molar-refractivity contribution in [2.45, 2.75) is 26.3 Å². The second-order valence-electron chi connectivity index (χ2n) is 6.10. The molecule has 0 aromatic heterocycles. The van der Waals surface area contributed by atoms with Crippen molar-refractivity contribution in [2.24, 2.45) is 10.9 Å². The van der Waals surface area contributed by atoms with Crippen LogP contribution in [0, 0.1) is 5.92 Å². The number of anilines is 2. The first-order valence-electron chi connectivity index (χ1n) is 7.94. The maximum absolute atomic E-state index is 12.8. The molecule has 3 rings (SSSR count). The van der Waals surface area contributed by atoms with E-state index in [0.717, 1.165) is 17.8 Å². The highest BCUT2D eigenvalue weighted by molar-refractivity contribution is 6.25. The number of nitrogens with zero attached hydrogens (tertiary/aromatic N) is 2. The molecule has 1 atom stereocenters. The standard InChI is InChI=1S/C19H21N3O/c1-14(2)13-17-18(23)22(16-11-7-4-8-12-16)19(21-17)20-15-9-5-3-6-10-15/h3-12,14,17H,13H2,1-2H3,(H,20,21)/t17-/m0/s1. The second kappa shape index (κ2) is 6.65. The molecular formula is C19H21N3O. The fraction of sp³-hybridized carbons (Fsp3) is 0.263. The summed E-state index contributed by atoms with van der Waals surface area (Å²) in [6, 6.07) is 19.1. The lowest BCUT2D eigenvalue weighted by Gasteiger charge is -2.20. The SMILES string of the molecule is CC(C)C[C@@H]1N=C(Nc2ccccc2)N(c2ccccc2)C1=O. The van der Waals surface area contributed by atoms with Gasteiger partial charge in [0.05, 0.1) is 5.69 Å². The zero-order valence-electron chi connectivity index (χ0n) is 13.4. The van der Waals surface area contributed by atoms with Crippen LogP contribution in [-0.2, 0) is 4.79 Å². The maximum atomic E-state index is 12.8. The Labute approximate surface area is 136 Å². The molecule has 1 N–H and O–H groups in total. The van der Waals surface area contributed by atoms with Gasteiger partial charge in [-0.3, -0.25) is 4.79 Å². The Bertz CT molecular complexity index is 695. The van der Waals surface area contributed by atoms with Gasteiger partial charge in [-0.25, -0.2) is 9.89 Å². The molecule has 0 radical (unpaired) electrons. The topological polar surface area (TPSA) is 44.7 Å². The molecule has 0 saturated heterocycles. The van der Waals surface area contributed by atoms with E-state index in [-0.39, 0.29) is 11.9 Å². The van der Waals surface area contributed by atoms with Gasteiger partial charge < -0.3 is 5.32 Å². The Morgan fingerprint density at radius 3 is 2.26 bits per heavy atom. The van der Waals surface area contributed by atoms with Gasteiger partial charge >= 0.3 is 0 Å². The van der Waals surface area contributed by atoms with Crippen molar-refractivity contribution < 1.29 is 4.79 Å². The van der Waals surface area contributed by atoms with E-state index >= 15 is 0 Å². The Morgan fingerprint density at radius 2 is 1.65 bits per heavy atom. The molecule has 0 spiro atoms. The monoisotopic (exact) mass is 307 g/mol. The fourth-order valence-corrected chi connectivity index (χ4v) is 2.68. The summed E-state index contributed by atoms with van der Waals surface area (Å²) >= 11 is 0. The summed E-state index contributed by atoms with van der Waals surface area (Å²) in [4.78, 5) is 19.1. The third-order valence-corrected chi connectivity index (χ3v) is 3.73. The molecule has 1 aliphatic heterocycles. The number of para-hydroxylation sites is 2. The van der Waals surface area contributed by atoms with Crippen LogP contribution in [-0.4, -0.2) is 17.9 Å². The molecule has 2 aromatic rings. The molecular weight excluding hydrogens is 286 g/mol. The molecule has 0 bridgehead atoms. The average molecular weight is 307 g/mol. The fourth-order valence-electron chi connectivity index (χ4n) is 2.68. The number of amides is 1. The molecule has 4 heteroatoms. The van der Waals surface area contributed by atoms with Gasteiger partial charge in [-0.2, -0.15) is 0 Å². The minimum atomic E-state index is -0.318. The van der Waals surface area contributed by atoms with Gasteiger partial charge in [-0.15, -0.1) is 0 Å². The van der Waals surface area contributed by atoms with Crippen LogP contribution >= 0.6 is 0 Å². The number of hydrogen-bond donors (Lipinski definition) is 1. The average Bonchev–Trinajstić information content (AvgIpc) is 2.84. The minimum Gasteiger partial charge on any atom is -0.326 e. The normalized spacial score (nSPS) is 17.5. The third kappa shape index (κ3) is 3.42. The first-order chi connectivity index (χ1) is 11.1. The maximum Gasteiger partial charge on any atom is 0.258 e. The summed E-state index contributed by atoms with van der Waals surface area (Å²) in [5.74, 6) is 1.04. The zero-order chi connectivity index (χ0) is 16.2. The Morgan fingerprint density at radius 1 is 1.04 bits per heavy atom. The Hall–Kier alpha value is -2.62. The van der Waals surface area contributed by atoms with E-state index in [4.69, 9.17) is 0 Å². The Kier molecular flexibility index (Phi) is 4.42. The molecule has 1 heterocycles. The molecule has 1 aliphatic rings. The molecule has 0 fully saturated rings. The van der Waals surface area contributed by atoms with E-state index in [2.05, 4.69) is 24.2 Å². The molecule has 118 valence electrons. The van der Waals surface area contributed by atoms with Crippen molar-refractivity contribution in [2.75, 3.05) is 10.2 Å². The largest absolute Gasteiger partial charge is 0.326 e. The van der Waals surface area contributed by atoms with Crippen molar-refractivity contribution >= 4 is 23.2 Å². The van der Waals surface area contributed by atoms with Gasteiger partial charge in [0.1, 0.15) is 6.04 Å². The number of nitrogens with one attached hydrogen (secondary N) is 1. The molecule has 0 aliphatic carbocycles. The summed E-state index contributed by atoms with van der Waals surface area (Å²) in [6.45, 7) is 4.22. The predicted molar refractivity (Wildman–Crippen MR) is 94.7 cm³/mol. The quantitative estimate of drug-likeness (QED) is 0.930. The van der Waals surface area contributed by atoms with Crippen LogP contribution in [0.1, 0.15) is 20.3 Å². The van der Waals surface area contributed by atoms with E-state index in [0.29, 0.717) is 11.9 Å². The highest BCUT2D eigenvalue weighted by Gasteiger charge is 2.35. The molecule has 4 nitrogen and oxygen atoms in total. The molecule has 2 aromatic carbocycles. The minimum absolute atomic E-state index is 0.0309. The van der Waals surface area contributed by atoms with Gasteiger partial charge in [0, 0.05) is 5.69 Å². The second-order valence-corrected chi connectivity index (χ2v) is 6.10. The van der Waals surface area contributed by atoms with Crippen LogP contribution in [0.2, 0.25) is 0 Å². The molecule has 23 heavy (non-hydrogen) atoms. The van der Waals surface area contributed by atoms with Gasteiger partial charge in [-0.05, 0) is 36.6 Å². The number of carbonyl (C=O) groups is 1. The van der Waals surface area contributed by atoms with Gasteiger partial charge in [0.15, 0.2) is 0 Å². The third-order valence-electron chi connectivity index (χ3n) is 3.73. The molecule has 0 saturated carbocycles. The van der Waals surface area contributed by atoms with E-state index in [1.165, 1.54) is 0 Å². The number of aliphatic imine (C=N–C) groups is 1. The predicted octanol–water partition coefficient (Wildman–Crippen LogP) is 3.92. The summed E-state index contributed by atoms with van der Waals surface area (Å²) in [5.41, 5.74) is 1.76. The van der Waals surface area contributed by atoms with Crippen LogP contribution in [0.15, 0.2) is 65.7 Å². The summed E-state index contributed by atoms with van der Waals surface area (Å²) in [6.07, 6.45) is 0.752. The van der Waals surface area contributed by atoms with Crippen molar-refractivity contribution in [3.63, 3.8) is 0 Å². The van der Waals surface area contributed by atoms with Crippen molar-refractivity contribution in [3.8, 4) is 0 Å². The first-order valence-corrected chi connectivity index (χ1v) is 7.94. The zero-order valence-corrected chi connectivity index (χ0v) is 13.4. The van der Waals surface area contributed by atoms with Gasteiger partial charge in [0.25, 0.3) is 5.91 Å². The molecule has 1 amide bonds. The first kappa shape index (κ1) is 15.3. The van der Waals surface area contributed by atoms with Gasteiger partial charge in [0.2, 0.25) is 5.96 Å². The smallest absolute Gasteiger partial charge is 0.258 e. The lowest BCUT2D eigenvalue weighted by atomic mass is 10.0. The number of rotatable bonds is 4. The van der Waals surface area contributed by atoms with Crippen LogP contribution in [0.3, 0.4) is 0 Å². The highest BCUT2D eigenvalue weighted by Crippen LogP contribution is 2.25. The summed E-state index contributed by atoms with van der Waals surface area (Å²) in [7, 11) is 0. The van der Waals surface area contributed by atoms with E-state index in [1.807, 2.05) is 60.7 Å². The van der Waals surface area contributed by atoms with Crippen LogP contribution in [0.25, 0.3) is 0 Å². The summed E-state index contributed by atoms with van der Waals surface area (Å²) < 4.78 is 0. The van der Waals surface area contributed by atoms with Crippen LogP contribution < -0.4 is 10.2 Å². The lowest BCUT2D eigenvalue weighted by molar-refractivity contribution is -0.118. The number of carbonyl (C=O) groups excluding carboxylic acids is 1. The van der Waals surface area contributed by atoms with E-state index < -0.39 is 0 Å². The van der Waals surface area contributed by atoms with E-state index in [9.17, 15) is 4.79 Å². The Balaban J connectivity index is 1.92. The number of benzene rings is 2. The van der Waals surface area contributed by atoms with Crippen molar-refractivity contribution in [1.29, 1.82) is 0 Å². The lowest BCUT2D eigenvalue weighted by Crippen LogP contribution is -2.38. The van der Waals surface area contributed by atoms with Gasteiger partial charge in [-0.1, -0.05) is 50.2 Å². The number of hydrogen-bond acceptors (Lipinski definition) is 3. The van der Waals surface area contributed by atoms with Crippen LogP contribution in [0.5, 0.6) is 0 Å². The van der Waals surface area contributed by atoms with Crippen LogP contribution in [0.4, 0.5) is 11.4 Å². The van der Waals surface area contributed by atoms with Crippen molar-refractivity contribution in [3.05, 3.63) is 60.7 Å². The highest BCUT2D eigenvalue weighted by atomic mass is 16.2. The number of guanidine groups is 1.